The van der Waals surface area contributed by atoms with Crippen molar-refractivity contribution in [1.82, 2.24) is 5.32 Å². The number of carbonyl (C=O) groups is 1. The normalized spacial score (nSPS) is 12.3. The number of benzene rings is 2. The summed E-state index contributed by atoms with van der Waals surface area (Å²) in [6, 6.07) is 15.4. The Morgan fingerprint density at radius 2 is 1.82 bits per heavy atom. The molecule has 1 N–H and O–H groups in total. The summed E-state index contributed by atoms with van der Waals surface area (Å²) in [4.78, 5) is 12.5. The zero-order valence-corrected chi connectivity index (χ0v) is 14.0. The maximum atomic E-state index is 12.5. The van der Waals surface area contributed by atoms with E-state index in [0.29, 0.717) is 5.76 Å². The lowest BCUT2D eigenvalue weighted by atomic mass is 10.1. The molecule has 22 heavy (non-hydrogen) atoms. The fourth-order valence-corrected chi connectivity index (χ4v) is 3.19. The van der Waals surface area contributed by atoms with Crippen molar-refractivity contribution >= 4 is 32.8 Å². The Morgan fingerprint density at radius 1 is 1.14 bits per heavy atom. The predicted octanol–water partition coefficient (Wildman–Crippen LogP) is 4.99. The van der Waals surface area contributed by atoms with E-state index in [9.17, 15) is 4.79 Å². The van der Waals surface area contributed by atoms with E-state index in [-0.39, 0.29) is 11.9 Å². The van der Waals surface area contributed by atoms with Gasteiger partial charge in [-0.1, -0.05) is 52.3 Å². The molecule has 4 heteroatoms. The van der Waals surface area contributed by atoms with E-state index in [1.165, 1.54) is 0 Å². The number of rotatable bonds is 3. The summed E-state index contributed by atoms with van der Waals surface area (Å²) in [6.07, 6.45) is 0. The fourth-order valence-electron chi connectivity index (χ4n) is 2.56. The van der Waals surface area contributed by atoms with Crippen LogP contribution in [0, 0.1) is 6.92 Å². The SMILES string of the molecule is Cc1c(C(=O)NC(C)c2ccccc2Br)oc2ccccc12. The molecule has 1 atom stereocenters. The van der Waals surface area contributed by atoms with Crippen molar-refractivity contribution in [2.45, 2.75) is 19.9 Å². The molecule has 0 spiro atoms. The highest BCUT2D eigenvalue weighted by molar-refractivity contribution is 9.10. The Labute approximate surface area is 137 Å². The summed E-state index contributed by atoms with van der Waals surface area (Å²) in [5.74, 6) is 0.178. The Morgan fingerprint density at radius 3 is 2.55 bits per heavy atom. The molecular weight excluding hydrogens is 342 g/mol. The smallest absolute Gasteiger partial charge is 0.287 e. The largest absolute Gasteiger partial charge is 0.451 e. The van der Waals surface area contributed by atoms with Crippen molar-refractivity contribution in [3.05, 3.63) is 69.9 Å². The van der Waals surface area contributed by atoms with Crippen molar-refractivity contribution in [2.24, 2.45) is 0 Å². The number of fused-ring (bicyclic) bond motifs is 1. The third kappa shape index (κ3) is 2.66. The number of halogens is 1. The Kier molecular flexibility index (Phi) is 4.03. The van der Waals surface area contributed by atoms with E-state index in [1.54, 1.807) is 0 Å². The van der Waals surface area contributed by atoms with Gasteiger partial charge in [0.25, 0.3) is 5.91 Å². The van der Waals surface area contributed by atoms with Crippen LogP contribution in [0.15, 0.2) is 57.4 Å². The van der Waals surface area contributed by atoms with Gasteiger partial charge >= 0.3 is 0 Å². The second kappa shape index (κ2) is 5.97. The van der Waals surface area contributed by atoms with E-state index in [4.69, 9.17) is 4.42 Å². The summed E-state index contributed by atoms with van der Waals surface area (Å²) in [5, 5.41) is 3.97. The Bertz CT molecular complexity index is 838. The molecule has 0 fully saturated rings. The molecule has 3 aromatic rings. The summed E-state index contributed by atoms with van der Waals surface area (Å²) < 4.78 is 6.68. The van der Waals surface area contributed by atoms with Crippen LogP contribution < -0.4 is 5.32 Å². The molecule has 0 bridgehead atoms. The molecule has 0 aliphatic heterocycles. The van der Waals surface area contributed by atoms with Gasteiger partial charge in [0, 0.05) is 15.4 Å². The molecular formula is C18H16BrNO2. The van der Waals surface area contributed by atoms with Gasteiger partial charge in [0.2, 0.25) is 0 Å². The summed E-state index contributed by atoms with van der Waals surface area (Å²) >= 11 is 3.51. The lowest BCUT2D eigenvalue weighted by Crippen LogP contribution is -2.27. The van der Waals surface area contributed by atoms with Crippen LogP contribution in [0.25, 0.3) is 11.0 Å². The third-order valence-electron chi connectivity index (χ3n) is 3.77. The Balaban J connectivity index is 1.87. The maximum absolute atomic E-state index is 12.5. The average Bonchev–Trinajstić information content (AvgIpc) is 2.85. The second-order valence-corrected chi connectivity index (χ2v) is 6.12. The van der Waals surface area contributed by atoms with Crippen LogP contribution in [-0.4, -0.2) is 5.91 Å². The van der Waals surface area contributed by atoms with Gasteiger partial charge < -0.3 is 9.73 Å². The minimum absolute atomic E-state index is 0.115. The number of para-hydroxylation sites is 1. The molecule has 0 saturated carbocycles. The molecule has 3 rings (SSSR count). The van der Waals surface area contributed by atoms with Crippen LogP contribution in [0.4, 0.5) is 0 Å². The molecule has 0 saturated heterocycles. The lowest BCUT2D eigenvalue weighted by Gasteiger charge is -2.15. The standard InChI is InChI=1S/C18H16BrNO2/c1-11-13-7-4-6-10-16(13)22-17(11)18(21)20-12(2)14-8-3-5-9-15(14)19/h3-10,12H,1-2H3,(H,20,21). The van der Waals surface area contributed by atoms with Crippen molar-refractivity contribution in [2.75, 3.05) is 0 Å². The first-order valence-corrected chi connectivity index (χ1v) is 7.90. The molecule has 0 radical (unpaired) electrons. The van der Waals surface area contributed by atoms with Crippen LogP contribution >= 0.6 is 15.9 Å². The van der Waals surface area contributed by atoms with Gasteiger partial charge in [0.15, 0.2) is 5.76 Å². The van der Waals surface area contributed by atoms with Crippen LogP contribution in [0.1, 0.15) is 34.6 Å². The van der Waals surface area contributed by atoms with Gasteiger partial charge in [-0.15, -0.1) is 0 Å². The van der Waals surface area contributed by atoms with Gasteiger partial charge in [-0.05, 0) is 31.5 Å². The predicted molar refractivity (Wildman–Crippen MR) is 91.0 cm³/mol. The first-order chi connectivity index (χ1) is 10.6. The van der Waals surface area contributed by atoms with Crippen molar-refractivity contribution < 1.29 is 9.21 Å². The van der Waals surface area contributed by atoms with E-state index in [1.807, 2.05) is 62.4 Å². The molecule has 0 aliphatic carbocycles. The minimum Gasteiger partial charge on any atom is -0.451 e. The van der Waals surface area contributed by atoms with Gasteiger partial charge in [0.05, 0.1) is 6.04 Å². The number of hydrogen-bond acceptors (Lipinski definition) is 2. The van der Waals surface area contributed by atoms with Crippen LogP contribution in [0.2, 0.25) is 0 Å². The number of hydrogen-bond donors (Lipinski definition) is 1. The fraction of sp³-hybridized carbons (Fsp3) is 0.167. The number of carbonyl (C=O) groups excluding carboxylic acids is 1. The highest BCUT2D eigenvalue weighted by Gasteiger charge is 2.20. The van der Waals surface area contributed by atoms with Crippen molar-refractivity contribution in [1.29, 1.82) is 0 Å². The molecule has 1 heterocycles. The molecule has 1 unspecified atom stereocenters. The lowest BCUT2D eigenvalue weighted by molar-refractivity contribution is 0.0913. The first kappa shape index (κ1) is 14.9. The summed E-state index contributed by atoms with van der Waals surface area (Å²) in [5.41, 5.74) is 2.63. The first-order valence-electron chi connectivity index (χ1n) is 7.11. The topological polar surface area (TPSA) is 42.2 Å². The molecule has 0 aliphatic rings. The zero-order valence-electron chi connectivity index (χ0n) is 12.4. The van der Waals surface area contributed by atoms with Crippen molar-refractivity contribution in [3.8, 4) is 0 Å². The van der Waals surface area contributed by atoms with Crippen LogP contribution in [-0.2, 0) is 0 Å². The highest BCUT2D eigenvalue weighted by atomic mass is 79.9. The third-order valence-corrected chi connectivity index (χ3v) is 4.49. The van der Waals surface area contributed by atoms with Crippen LogP contribution in [0.5, 0.6) is 0 Å². The second-order valence-electron chi connectivity index (χ2n) is 5.27. The molecule has 2 aromatic carbocycles. The summed E-state index contributed by atoms with van der Waals surface area (Å²) in [7, 11) is 0. The highest BCUT2D eigenvalue weighted by Crippen LogP contribution is 2.27. The number of furan rings is 1. The molecule has 112 valence electrons. The number of aryl methyl sites for hydroxylation is 1. The Hall–Kier alpha value is -2.07. The number of nitrogens with one attached hydrogen (secondary N) is 1. The summed E-state index contributed by atoms with van der Waals surface area (Å²) in [6.45, 7) is 3.86. The monoisotopic (exact) mass is 357 g/mol. The van der Waals surface area contributed by atoms with Crippen LogP contribution in [0.3, 0.4) is 0 Å². The van der Waals surface area contributed by atoms with Gasteiger partial charge in [0.1, 0.15) is 5.58 Å². The molecule has 1 amide bonds. The minimum atomic E-state index is -0.197. The average molecular weight is 358 g/mol. The van der Waals surface area contributed by atoms with E-state index in [0.717, 1.165) is 26.6 Å². The van der Waals surface area contributed by atoms with E-state index >= 15 is 0 Å². The quantitative estimate of drug-likeness (QED) is 0.716. The maximum Gasteiger partial charge on any atom is 0.287 e. The van der Waals surface area contributed by atoms with Gasteiger partial charge in [-0.3, -0.25) is 4.79 Å². The molecule has 3 nitrogen and oxygen atoms in total. The molecule has 1 aromatic heterocycles. The van der Waals surface area contributed by atoms with E-state index in [2.05, 4.69) is 21.2 Å². The van der Waals surface area contributed by atoms with Crippen molar-refractivity contribution in [3.63, 3.8) is 0 Å². The van der Waals surface area contributed by atoms with E-state index < -0.39 is 0 Å². The van der Waals surface area contributed by atoms with Gasteiger partial charge in [-0.2, -0.15) is 0 Å². The number of amides is 1. The zero-order chi connectivity index (χ0) is 15.7. The van der Waals surface area contributed by atoms with Gasteiger partial charge in [-0.25, -0.2) is 0 Å².